The Labute approximate surface area is 116 Å². The standard InChI is InChI=1S/C15H15ClN2O/c16-14-10-18(15-4-2-1-3-13(14)15)7-6-17-9-12-5-8-19-11-12/h1-5,8,10-11,17H,6-7,9H2. The van der Waals surface area contributed by atoms with E-state index in [1.54, 1.807) is 12.5 Å². The molecular weight excluding hydrogens is 260 g/mol. The minimum absolute atomic E-state index is 0.811. The second kappa shape index (κ2) is 5.51. The Kier molecular flexibility index (Phi) is 3.58. The van der Waals surface area contributed by atoms with E-state index in [0.29, 0.717) is 0 Å². The Hall–Kier alpha value is -1.71. The lowest BCUT2D eigenvalue weighted by atomic mass is 10.2. The van der Waals surface area contributed by atoms with Crippen LogP contribution in [0, 0.1) is 0 Å². The van der Waals surface area contributed by atoms with Crippen molar-refractivity contribution >= 4 is 22.5 Å². The average molecular weight is 275 g/mol. The number of benzene rings is 1. The molecule has 0 aliphatic rings. The maximum Gasteiger partial charge on any atom is 0.0947 e. The predicted octanol–water partition coefficient (Wildman–Crippen LogP) is 3.68. The van der Waals surface area contributed by atoms with Crippen LogP contribution >= 0.6 is 11.6 Å². The van der Waals surface area contributed by atoms with E-state index in [1.807, 2.05) is 30.5 Å². The van der Waals surface area contributed by atoms with E-state index < -0.39 is 0 Å². The summed E-state index contributed by atoms with van der Waals surface area (Å²) in [6.07, 6.45) is 5.44. The molecule has 2 aromatic heterocycles. The van der Waals surface area contributed by atoms with Crippen LogP contribution < -0.4 is 5.32 Å². The molecule has 3 rings (SSSR count). The van der Waals surface area contributed by atoms with E-state index in [-0.39, 0.29) is 0 Å². The van der Waals surface area contributed by atoms with Crippen molar-refractivity contribution in [2.75, 3.05) is 6.54 Å². The second-order valence-corrected chi connectivity index (χ2v) is 4.90. The van der Waals surface area contributed by atoms with Gasteiger partial charge in [0.05, 0.1) is 17.5 Å². The van der Waals surface area contributed by atoms with Crippen LogP contribution in [0.4, 0.5) is 0 Å². The highest BCUT2D eigenvalue weighted by atomic mass is 35.5. The zero-order chi connectivity index (χ0) is 13.1. The van der Waals surface area contributed by atoms with Gasteiger partial charge in [-0.2, -0.15) is 0 Å². The van der Waals surface area contributed by atoms with Crippen molar-refractivity contribution in [3.63, 3.8) is 0 Å². The SMILES string of the molecule is Clc1cn(CCNCc2ccoc2)c2ccccc12. The topological polar surface area (TPSA) is 30.1 Å². The first-order valence-electron chi connectivity index (χ1n) is 6.30. The van der Waals surface area contributed by atoms with Crippen molar-refractivity contribution in [2.45, 2.75) is 13.1 Å². The molecule has 98 valence electrons. The molecular formula is C15H15ClN2O. The molecule has 1 aromatic carbocycles. The molecule has 0 bridgehead atoms. The summed E-state index contributed by atoms with van der Waals surface area (Å²) in [4.78, 5) is 0. The van der Waals surface area contributed by atoms with Gasteiger partial charge in [0.1, 0.15) is 0 Å². The number of nitrogens with zero attached hydrogens (tertiary/aromatic N) is 1. The summed E-state index contributed by atoms with van der Waals surface area (Å²) >= 11 is 6.22. The normalized spacial score (nSPS) is 11.2. The summed E-state index contributed by atoms with van der Waals surface area (Å²) in [5.41, 5.74) is 2.34. The highest BCUT2D eigenvalue weighted by molar-refractivity contribution is 6.35. The van der Waals surface area contributed by atoms with Crippen molar-refractivity contribution in [2.24, 2.45) is 0 Å². The Morgan fingerprint density at radius 2 is 2.11 bits per heavy atom. The Balaban J connectivity index is 1.62. The van der Waals surface area contributed by atoms with Crippen LogP contribution in [0.3, 0.4) is 0 Å². The smallest absolute Gasteiger partial charge is 0.0947 e. The van der Waals surface area contributed by atoms with E-state index in [0.717, 1.165) is 35.6 Å². The largest absolute Gasteiger partial charge is 0.472 e. The van der Waals surface area contributed by atoms with Crippen LogP contribution in [0.5, 0.6) is 0 Å². The molecule has 19 heavy (non-hydrogen) atoms. The van der Waals surface area contributed by atoms with Crippen LogP contribution in [-0.2, 0) is 13.1 Å². The fraction of sp³-hybridized carbons (Fsp3) is 0.200. The van der Waals surface area contributed by atoms with Gasteiger partial charge < -0.3 is 14.3 Å². The third-order valence-electron chi connectivity index (χ3n) is 3.18. The Morgan fingerprint density at radius 3 is 2.95 bits per heavy atom. The maximum absolute atomic E-state index is 6.22. The molecule has 3 aromatic rings. The van der Waals surface area contributed by atoms with E-state index in [9.17, 15) is 0 Å². The van der Waals surface area contributed by atoms with Crippen molar-refractivity contribution in [3.05, 3.63) is 59.6 Å². The number of aromatic nitrogens is 1. The molecule has 0 aliphatic carbocycles. The van der Waals surface area contributed by atoms with Crippen molar-refractivity contribution in [1.29, 1.82) is 0 Å². The summed E-state index contributed by atoms with van der Waals surface area (Å²) in [5.74, 6) is 0. The molecule has 0 unspecified atom stereocenters. The van der Waals surface area contributed by atoms with E-state index in [2.05, 4.69) is 16.0 Å². The molecule has 3 nitrogen and oxygen atoms in total. The van der Waals surface area contributed by atoms with Gasteiger partial charge in [-0.05, 0) is 12.1 Å². The first-order chi connectivity index (χ1) is 9.34. The van der Waals surface area contributed by atoms with Gasteiger partial charge in [0.25, 0.3) is 0 Å². The lowest BCUT2D eigenvalue weighted by molar-refractivity contribution is 0.557. The van der Waals surface area contributed by atoms with Gasteiger partial charge in [-0.3, -0.25) is 0 Å². The molecule has 0 fully saturated rings. The van der Waals surface area contributed by atoms with Gasteiger partial charge in [0.2, 0.25) is 0 Å². The molecule has 0 saturated heterocycles. The fourth-order valence-electron chi connectivity index (χ4n) is 2.21. The van der Waals surface area contributed by atoms with Crippen molar-refractivity contribution in [1.82, 2.24) is 9.88 Å². The summed E-state index contributed by atoms with van der Waals surface area (Å²) in [6, 6.07) is 10.2. The minimum atomic E-state index is 0.811. The number of fused-ring (bicyclic) bond motifs is 1. The fourth-order valence-corrected chi connectivity index (χ4v) is 2.49. The lowest BCUT2D eigenvalue weighted by Crippen LogP contribution is -2.18. The third-order valence-corrected chi connectivity index (χ3v) is 3.48. The molecule has 0 atom stereocenters. The number of hydrogen-bond acceptors (Lipinski definition) is 2. The quantitative estimate of drug-likeness (QED) is 0.720. The monoisotopic (exact) mass is 274 g/mol. The molecule has 4 heteroatoms. The van der Waals surface area contributed by atoms with Crippen LogP contribution in [0.2, 0.25) is 5.02 Å². The Bertz CT molecular complexity index is 658. The number of furan rings is 1. The molecule has 2 heterocycles. The van der Waals surface area contributed by atoms with Crippen LogP contribution in [-0.4, -0.2) is 11.1 Å². The number of hydrogen-bond donors (Lipinski definition) is 1. The van der Waals surface area contributed by atoms with Gasteiger partial charge >= 0.3 is 0 Å². The molecule has 0 radical (unpaired) electrons. The summed E-state index contributed by atoms with van der Waals surface area (Å²) < 4.78 is 7.21. The summed E-state index contributed by atoms with van der Waals surface area (Å²) in [7, 11) is 0. The first kappa shape index (κ1) is 12.3. The van der Waals surface area contributed by atoms with Gasteiger partial charge in [0.15, 0.2) is 0 Å². The number of nitrogens with one attached hydrogen (secondary N) is 1. The zero-order valence-corrected chi connectivity index (χ0v) is 11.2. The van der Waals surface area contributed by atoms with Gasteiger partial charge in [-0.1, -0.05) is 29.8 Å². The van der Waals surface area contributed by atoms with Gasteiger partial charge in [-0.25, -0.2) is 0 Å². The third kappa shape index (κ3) is 2.67. The molecule has 0 amide bonds. The molecule has 0 saturated carbocycles. The van der Waals surface area contributed by atoms with Crippen LogP contribution in [0.1, 0.15) is 5.56 Å². The molecule has 0 aliphatic heterocycles. The average Bonchev–Trinajstić information content (AvgIpc) is 3.04. The molecule has 1 N–H and O–H groups in total. The van der Waals surface area contributed by atoms with Crippen molar-refractivity contribution in [3.8, 4) is 0 Å². The van der Waals surface area contributed by atoms with Gasteiger partial charge in [0, 0.05) is 42.3 Å². The molecule has 0 spiro atoms. The van der Waals surface area contributed by atoms with Crippen molar-refractivity contribution < 1.29 is 4.42 Å². The highest BCUT2D eigenvalue weighted by Crippen LogP contribution is 2.25. The lowest BCUT2D eigenvalue weighted by Gasteiger charge is -2.06. The van der Waals surface area contributed by atoms with E-state index in [4.69, 9.17) is 16.0 Å². The van der Waals surface area contributed by atoms with Crippen LogP contribution in [0.25, 0.3) is 10.9 Å². The van der Waals surface area contributed by atoms with E-state index in [1.165, 1.54) is 5.52 Å². The maximum atomic E-state index is 6.22. The van der Waals surface area contributed by atoms with Crippen LogP contribution in [0.15, 0.2) is 53.5 Å². The second-order valence-electron chi connectivity index (χ2n) is 4.50. The highest BCUT2D eigenvalue weighted by Gasteiger charge is 2.05. The van der Waals surface area contributed by atoms with Gasteiger partial charge in [-0.15, -0.1) is 0 Å². The number of halogens is 1. The Morgan fingerprint density at radius 1 is 1.21 bits per heavy atom. The van der Waals surface area contributed by atoms with E-state index >= 15 is 0 Å². The zero-order valence-electron chi connectivity index (χ0n) is 10.5. The number of para-hydroxylation sites is 1. The number of rotatable bonds is 5. The minimum Gasteiger partial charge on any atom is -0.472 e. The summed E-state index contributed by atoms with van der Waals surface area (Å²) in [5, 5.41) is 5.31. The summed E-state index contributed by atoms with van der Waals surface area (Å²) in [6.45, 7) is 2.61. The first-order valence-corrected chi connectivity index (χ1v) is 6.67. The predicted molar refractivity (Wildman–Crippen MR) is 77.4 cm³/mol.